The highest BCUT2D eigenvalue weighted by molar-refractivity contribution is 7.86. The summed E-state index contributed by atoms with van der Waals surface area (Å²) in [4.78, 5) is 3.83. The van der Waals surface area contributed by atoms with Crippen molar-refractivity contribution in [3.8, 4) is 11.8 Å². The smallest absolute Gasteiger partial charge is 0.434 e. The number of anilines is 1. The first-order chi connectivity index (χ1) is 10.4. The van der Waals surface area contributed by atoms with Crippen LogP contribution < -0.4 is 24.2 Å². The van der Waals surface area contributed by atoms with Gasteiger partial charge in [-0.1, -0.05) is 17.7 Å². The number of aromatic nitrogens is 2. The van der Waals surface area contributed by atoms with Crippen LogP contribution in [0.15, 0.2) is 35.2 Å². The first kappa shape index (κ1) is 15.8. The fraction of sp³-hybridized carbons (Fsp3) is 0.231. The summed E-state index contributed by atoms with van der Waals surface area (Å²) in [6, 6.07) is 7.54. The number of nitrogens with two attached hydrogens (primary N) is 1. The molecule has 8 nitrogen and oxygen atoms in total. The van der Waals surface area contributed by atoms with E-state index in [0.29, 0.717) is 0 Å². The summed E-state index contributed by atoms with van der Waals surface area (Å²) < 4.78 is 40.3. The highest BCUT2D eigenvalue weighted by Crippen LogP contribution is 2.16. The van der Waals surface area contributed by atoms with Gasteiger partial charge in [0.25, 0.3) is 0 Å². The lowest BCUT2D eigenvalue weighted by molar-refractivity contribution is -0.848. The van der Waals surface area contributed by atoms with Crippen LogP contribution in [0.4, 0.5) is 5.95 Å². The monoisotopic (exact) mass is 326 g/mol. The Morgan fingerprint density at radius 2 is 1.77 bits per heavy atom. The van der Waals surface area contributed by atoms with Crippen molar-refractivity contribution in [2.75, 3.05) is 20.0 Å². The predicted octanol–water partition coefficient (Wildman–Crippen LogP) is 0.0944. The minimum Gasteiger partial charge on any atom is -0.469 e. The molecule has 1 aromatic carbocycles. The van der Waals surface area contributed by atoms with Crippen LogP contribution in [0.2, 0.25) is 0 Å². The molecule has 0 saturated carbocycles. The molecule has 1 heterocycles. The van der Waals surface area contributed by atoms with Gasteiger partial charge in [-0.05, 0) is 24.0 Å². The molecule has 1 aromatic heterocycles. The van der Waals surface area contributed by atoms with Crippen LogP contribution in [-0.2, 0) is 10.1 Å². The van der Waals surface area contributed by atoms with Crippen molar-refractivity contribution in [2.45, 2.75) is 11.8 Å². The van der Waals surface area contributed by atoms with E-state index in [2.05, 4.69) is 4.98 Å². The molecular weight excluding hydrogens is 310 g/mol. The molecule has 118 valence electrons. The van der Waals surface area contributed by atoms with E-state index in [4.69, 9.17) is 19.5 Å². The molecule has 0 spiro atoms. The van der Waals surface area contributed by atoms with Crippen molar-refractivity contribution >= 4 is 16.1 Å². The van der Waals surface area contributed by atoms with Crippen LogP contribution in [0.3, 0.4) is 0 Å². The molecule has 0 saturated heterocycles. The number of aryl methyl sites for hydroxylation is 1. The summed E-state index contributed by atoms with van der Waals surface area (Å²) in [5, 5.41) is 0. The summed E-state index contributed by atoms with van der Waals surface area (Å²) in [5.41, 5.74) is 6.61. The van der Waals surface area contributed by atoms with Crippen LogP contribution in [-0.4, -0.2) is 27.6 Å². The molecule has 2 aromatic rings. The average molecular weight is 326 g/mol. The zero-order valence-corrected chi connectivity index (χ0v) is 13.1. The highest BCUT2D eigenvalue weighted by Gasteiger charge is 2.26. The SMILES string of the molecule is COc1cc(OC)[n+](OS(=O)(=O)c2ccc(C)cc2)c(N)n1. The highest BCUT2D eigenvalue weighted by atomic mass is 32.2. The number of hydrogen-bond donors (Lipinski definition) is 1. The maximum atomic E-state index is 12.3. The molecule has 2 rings (SSSR count). The van der Waals surface area contributed by atoms with Crippen molar-refractivity contribution in [2.24, 2.45) is 0 Å². The number of rotatable bonds is 5. The minimum atomic E-state index is -4.08. The Morgan fingerprint density at radius 3 is 2.32 bits per heavy atom. The molecule has 2 N–H and O–H groups in total. The first-order valence-corrected chi connectivity index (χ1v) is 7.60. The number of ether oxygens (including phenoxy) is 2. The van der Waals surface area contributed by atoms with Gasteiger partial charge in [0.1, 0.15) is 4.90 Å². The zero-order chi connectivity index (χ0) is 16.3. The molecule has 0 bridgehead atoms. The molecule has 0 aliphatic heterocycles. The molecule has 22 heavy (non-hydrogen) atoms. The molecule has 0 aliphatic rings. The molecule has 0 radical (unpaired) electrons. The predicted molar refractivity (Wildman–Crippen MR) is 76.9 cm³/mol. The molecule has 0 aliphatic carbocycles. The Balaban J connectivity index is 2.43. The van der Waals surface area contributed by atoms with E-state index in [0.717, 1.165) is 10.3 Å². The lowest BCUT2D eigenvalue weighted by Gasteiger charge is -2.09. The van der Waals surface area contributed by atoms with Crippen molar-refractivity contribution in [1.29, 1.82) is 0 Å². The zero-order valence-electron chi connectivity index (χ0n) is 12.3. The van der Waals surface area contributed by atoms with Crippen LogP contribution in [0, 0.1) is 6.92 Å². The van der Waals surface area contributed by atoms with Gasteiger partial charge in [0, 0.05) is 4.73 Å². The maximum Gasteiger partial charge on any atom is 0.434 e. The van der Waals surface area contributed by atoms with Gasteiger partial charge in [0.2, 0.25) is 0 Å². The largest absolute Gasteiger partial charge is 0.469 e. The second-order valence-corrected chi connectivity index (χ2v) is 5.86. The number of nitrogens with zero attached hydrogens (tertiary/aromatic N) is 2. The standard InChI is InChI=1S/C13H15N3O5S/c1-9-4-6-10(7-5-9)22(17,18)21-16-12(20-3)8-11(19-2)15-13(16)14/h4-8,14H,1-3H3/p+1. The maximum absolute atomic E-state index is 12.3. The van der Waals surface area contributed by atoms with Gasteiger partial charge >= 0.3 is 27.8 Å². The number of nitrogen functional groups attached to an aromatic ring is 1. The molecule has 0 amide bonds. The lowest BCUT2D eigenvalue weighted by atomic mass is 10.2. The van der Waals surface area contributed by atoms with E-state index >= 15 is 0 Å². The van der Waals surface area contributed by atoms with Gasteiger partial charge in [-0.2, -0.15) is 8.42 Å². The molecular formula is C13H16N3O5S+. The summed E-state index contributed by atoms with van der Waals surface area (Å²) in [6.45, 7) is 1.85. The quantitative estimate of drug-likeness (QED) is 0.777. The Bertz CT molecular complexity index is 775. The lowest BCUT2D eigenvalue weighted by Crippen LogP contribution is -2.49. The van der Waals surface area contributed by atoms with Crippen LogP contribution in [0.5, 0.6) is 11.8 Å². The Hall–Kier alpha value is -2.55. The van der Waals surface area contributed by atoms with E-state index in [1.807, 2.05) is 6.92 Å². The molecule has 0 fully saturated rings. The second-order valence-electron chi connectivity index (χ2n) is 4.34. The number of benzene rings is 1. The van der Waals surface area contributed by atoms with Crippen LogP contribution in [0.1, 0.15) is 5.56 Å². The normalized spacial score (nSPS) is 11.0. The van der Waals surface area contributed by atoms with E-state index in [-0.39, 0.29) is 22.6 Å². The van der Waals surface area contributed by atoms with Gasteiger partial charge in [0.05, 0.1) is 20.3 Å². The van der Waals surface area contributed by atoms with Crippen LogP contribution in [0.25, 0.3) is 0 Å². The number of methoxy groups -OCH3 is 2. The van der Waals surface area contributed by atoms with Gasteiger partial charge in [-0.3, -0.25) is 5.73 Å². The topological polar surface area (TPSA) is 105 Å². The van der Waals surface area contributed by atoms with Gasteiger partial charge in [0.15, 0.2) is 0 Å². The van der Waals surface area contributed by atoms with E-state index in [1.165, 1.54) is 32.4 Å². The van der Waals surface area contributed by atoms with E-state index < -0.39 is 10.1 Å². The molecule has 0 atom stereocenters. The van der Waals surface area contributed by atoms with E-state index in [9.17, 15) is 8.42 Å². The van der Waals surface area contributed by atoms with E-state index in [1.54, 1.807) is 12.1 Å². The second kappa shape index (κ2) is 6.06. The van der Waals surface area contributed by atoms with Crippen molar-refractivity contribution < 1.29 is 26.9 Å². The molecule has 0 unspecified atom stereocenters. The number of hydrogen-bond acceptors (Lipinski definition) is 7. The Kier molecular flexibility index (Phi) is 4.36. The average Bonchev–Trinajstić information content (AvgIpc) is 2.49. The first-order valence-electron chi connectivity index (χ1n) is 6.19. The third-order valence-electron chi connectivity index (χ3n) is 2.78. The van der Waals surface area contributed by atoms with Crippen molar-refractivity contribution in [3.05, 3.63) is 35.9 Å². The summed E-state index contributed by atoms with van der Waals surface area (Å²) in [7, 11) is -1.34. The Morgan fingerprint density at radius 1 is 1.14 bits per heavy atom. The van der Waals surface area contributed by atoms with Crippen molar-refractivity contribution in [3.63, 3.8) is 0 Å². The third-order valence-corrected chi connectivity index (χ3v) is 3.98. The molecule has 9 heteroatoms. The Labute approximate surface area is 128 Å². The fourth-order valence-corrected chi connectivity index (χ4v) is 2.54. The van der Waals surface area contributed by atoms with Crippen molar-refractivity contribution in [1.82, 2.24) is 4.98 Å². The van der Waals surface area contributed by atoms with Gasteiger partial charge in [-0.15, -0.1) is 0 Å². The summed E-state index contributed by atoms with van der Waals surface area (Å²) in [6.07, 6.45) is 0. The summed E-state index contributed by atoms with van der Waals surface area (Å²) >= 11 is 0. The van der Waals surface area contributed by atoms with Crippen LogP contribution >= 0.6 is 0 Å². The summed E-state index contributed by atoms with van der Waals surface area (Å²) in [5.74, 6) is -0.0335. The third kappa shape index (κ3) is 3.19. The van der Waals surface area contributed by atoms with Gasteiger partial charge in [-0.25, -0.2) is 4.28 Å². The minimum absolute atomic E-state index is 0.0112. The van der Waals surface area contributed by atoms with Gasteiger partial charge < -0.3 is 9.47 Å². The fourth-order valence-electron chi connectivity index (χ4n) is 1.64.